The van der Waals surface area contributed by atoms with Crippen molar-refractivity contribution >= 4 is 138 Å². The van der Waals surface area contributed by atoms with Gasteiger partial charge in [-0.25, -0.2) is 70.6 Å². The van der Waals surface area contributed by atoms with Crippen molar-refractivity contribution in [3.8, 4) is 87.3 Å². The van der Waals surface area contributed by atoms with Crippen LogP contribution in [0.3, 0.4) is 0 Å². The van der Waals surface area contributed by atoms with Crippen LogP contribution in [0.25, 0.3) is 87.3 Å². The summed E-state index contributed by atoms with van der Waals surface area (Å²) in [5.74, 6) is -13.3. The second kappa shape index (κ2) is 38.8. The number of aromatic nitrogens is 8. The maximum absolute atomic E-state index is 13.9. The van der Waals surface area contributed by atoms with Crippen LogP contribution in [0.15, 0.2) is 265 Å². The maximum atomic E-state index is 13.9. The number of nitrogens with two attached hydrogens (primary N) is 4. The average Bonchev–Trinajstić information content (AvgIpc) is 0.994. The van der Waals surface area contributed by atoms with Gasteiger partial charge in [-0.2, -0.15) is 0 Å². The van der Waals surface area contributed by atoms with Crippen LogP contribution in [0.4, 0.5) is 76.8 Å². The van der Waals surface area contributed by atoms with Crippen LogP contribution < -0.4 is 44.2 Å². The highest BCUT2D eigenvalue weighted by Crippen LogP contribution is 2.37. The Morgan fingerprint density at radius 3 is 0.966 bits per heavy atom. The van der Waals surface area contributed by atoms with E-state index in [-0.39, 0.29) is 36.2 Å². The maximum Gasteiger partial charge on any atom is 0.256 e. The highest BCUT2D eigenvalue weighted by molar-refractivity contribution is 14.1. The molecule has 0 saturated heterocycles. The molecule has 0 saturated carbocycles. The molecular formula is C87H62F7IN16O4S4. The number of nitrogens with zero attached hydrogens (tertiary/aromatic N) is 8. The molecule has 0 bridgehead atoms. The van der Waals surface area contributed by atoms with Gasteiger partial charge < -0.3 is 44.2 Å². The van der Waals surface area contributed by atoms with Gasteiger partial charge in [0.05, 0.1) is 86.3 Å². The first-order chi connectivity index (χ1) is 57.5. The van der Waals surface area contributed by atoms with E-state index in [0.717, 1.165) is 64.0 Å². The molecule has 0 unspecified atom stereocenters. The van der Waals surface area contributed by atoms with Crippen molar-refractivity contribution in [2.75, 3.05) is 44.2 Å². The molecule has 119 heavy (non-hydrogen) atoms. The summed E-state index contributed by atoms with van der Waals surface area (Å²) in [6.07, 6.45) is 5.32. The molecule has 0 spiro atoms. The zero-order chi connectivity index (χ0) is 83.6. The van der Waals surface area contributed by atoms with Crippen molar-refractivity contribution in [2.45, 2.75) is 19.3 Å². The number of carbonyl (C=O) groups excluding carboxylic acids is 4. The monoisotopic (exact) mass is 1780 g/mol. The van der Waals surface area contributed by atoms with Crippen molar-refractivity contribution in [1.82, 2.24) is 39.9 Å². The van der Waals surface area contributed by atoms with Crippen molar-refractivity contribution in [3.63, 3.8) is 0 Å². The molecule has 0 aliphatic heterocycles. The van der Waals surface area contributed by atoms with E-state index in [2.05, 4.69) is 73.8 Å². The van der Waals surface area contributed by atoms with E-state index >= 15 is 0 Å². The molecule has 20 nitrogen and oxygen atoms in total. The largest absolute Gasteiger partial charge is 0.399 e. The van der Waals surface area contributed by atoms with Gasteiger partial charge in [0, 0.05) is 59.7 Å². The van der Waals surface area contributed by atoms with E-state index in [1.165, 1.54) is 34.9 Å². The summed E-state index contributed by atoms with van der Waals surface area (Å²) in [5, 5.41) is 18.5. The van der Waals surface area contributed by atoms with E-state index in [1.807, 2.05) is 156 Å². The van der Waals surface area contributed by atoms with Gasteiger partial charge in [0.25, 0.3) is 5.91 Å². The number of carbonyl (C=O) groups is 4. The van der Waals surface area contributed by atoms with Crippen LogP contribution in [0.2, 0.25) is 0 Å². The Kier molecular flexibility index (Phi) is 27.1. The lowest BCUT2D eigenvalue weighted by atomic mass is 10.1. The van der Waals surface area contributed by atoms with Crippen LogP contribution in [-0.4, -0.2) is 63.5 Å². The van der Waals surface area contributed by atoms with Crippen molar-refractivity contribution in [2.24, 2.45) is 0 Å². The molecule has 0 aliphatic carbocycles. The molecular weight excluding hydrogens is 1720 g/mol. The Labute approximate surface area is 704 Å². The summed E-state index contributed by atoms with van der Waals surface area (Å²) in [5.41, 5.74) is 34.2. The fraction of sp³-hybridized carbons (Fsp3) is 0.0345. The number of hydrogen-bond donors (Lipinski definition) is 8. The Morgan fingerprint density at radius 2 is 0.639 bits per heavy atom. The van der Waals surface area contributed by atoms with Crippen molar-refractivity contribution < 1.29 is 49.9 Å². The number of benzene rings is 8. The van der Waals surface area contributed by atoms with Gasteiger partial charge in [-0.05, 0) is 164 Å². The Balaban J connectivity index is 0.000000138. The van der Waals surface area contributed by atoms with Gasteiger partial charge in [0.2, 0.25) is 23.5 Å². The summed E-state index contributed by atoms with van der Waals surface area (Å²) >= 11 is 8.11. The van der Waals surface area contributed by atoms with Gasteiger partial charge in [-0.15, -0.1) is 45.3 Å². The summed E-state index contributed by atoms with van der Waals surface area (Å²) in [7, 11) is 0. The van der Waals surface area contributed by atoms with Gasteiger partial charge in [-0.3, -0.25) is 19.2 Å². The molecule has 12 N–H and O–H groups in total. The third-order valence-corrected chi connectivity index (χ3v) is 21.5. The Bertz CT molecular complexity index is 6230. The lowest BCUT2D eigenvalue weighted by Crippen LogP contribution is -2.19. The SMILES string of the molecule is Nc1ccc(-c2cnc(NC(=O)Cc3c(F)c(F)c(F)c(F)c3F)c(-c3cccs3)n2)cc1.Nc1ccc(-c2cnc(NC(=O)Cc3ccc(F)c(F)c3)c(-c3cccs3)n2)cc1.Nc1ccc(-c2cnc(NC(=O)Cc3ccc(I)cc3)c(-c3cccs3)n2)cc1.Nc1ccc(-c2cnc(NC(=O)c3ccccc3)c(-c3cccs3)n2)cc1. The first kappa shape index (κ1) is 83.2. The molecule has 0 atom stereocenters. The fourth-order valence-electron chi connectivity index (χ4n) is 11.3. The molecule has 32 heteroatoms. The third-order valence-electron chi connectivity index (χ3n) is 17.2. The predicted octanol–water partition coefficient (Wildman–Crippen LogP) is 20.2. The quantitative estimate of drug-likeness (QED) is 0.0123. The van der Waals surface area contributed by atoms with Crippen molar-refractivity contribution in [1.29, 1.82) is 0 Å². The molecule has 8 heterocycles. The molecule has 8 aromatic heterocycles. The smallest absolute Gasteiger partial charge is 0.256 e. The number of thiophene rings is 4. The van der Waals surface area contributed by atoms with Gasteiger partial charge in [0.15, 0.2) is 58.2 Å². The van der Waals surface area contributed by atoms with Crippen LogP contribution in [0.1, 0.15) is 27.0 Å². The third kappa shape index (κ3) is 21.5. The molecule has 16 rings (SSSR count). The summed E-state index contributed by atoms with van der Waals surface area (Å²) < 4.78 is 95.6. The Morgan fingerprint density at radius 1 is 0.328 bits per heavy atom. The molecule has 4 amide bonds. The molecule has 594 valence electrons. The molecule has 0 aliphatic rings. The minimum absolute atomic E-state index is 0.0366. The summed E-state index contributed by atoms with van der Waals surface area (Å²) in [6, 6.07) is 64.4. The normalized spacial score (nSPS) is 10.7. The van der Waals surface area contributed by atoms with E-state index in [0.29, 0.717) is 90.2 Å². The van der Waals surface area contributed by atoms with E-state index in [1.54, 1.807) is 107 Å². The second-order valence-electron chi connectivity index (χ2n) is 25.6. The van der Waals surface area contributed by atoms with Gasteiger partial charge in [0.1, 0.15) is 22.8 Å². The minimum Gasteiger partial charge on any atom is -0.399 e. The number of nitrogen functional groups attached to an aromatic ring is 4. The number of anilines is 8. The molecule has 0 fully saturated rings. The molecule has 8 aromatic carbocycles. The molecule has 0 radical (unpaired) electrons. The second-order valence-corrected chi connectivity index (χ2v) is 30.7. The van der Waals surface area contributed by atoms with E-state index in [4.69, 9.17) is 32.9 Å². The lowest BCUT2D eigenvalue weighted by molar-refractivity contribution is -0.116. The Hall–Kier alpha value is -13.8. The van der Waals surface area contributed by atoms with Crippen LogP contribution in [0.5, 0.6) is 0 Å². The van der Waals surface area contributed by atoms with Crippen molar-refractivity contribution in [3.05, 3.63) is 331 Å². The highest BCUT2D eigenvalue weighted by Gasteiger charge is 2.28. The number of hydrogen-bond acceptors (Lipinski definition) is 20. The predicted molar refractivity (Wildman–Crippen MR) is 464 cm³/mol. The number of rotatable bonds is 19. The summed E-state index contributed by atoms with van der Waals surface area (Å²) in [6.45, 7) is 0. The highest BCUT2D eigenvalue weighted by atomic mass is 127. The first-order valence-electron chi connectivity index (χ1n) is 35.6. The molecule has 16 aromatic rings. The van der Waals surface area contributed by atoms with Gasteiger partial charge >= 0.3 is 0 Å². The number of nitrogens with one attached hydrogen (secondary N) is 4. The lowest BCUT2D eigenvalue weighted by Gasteiger charge is -2.12. The number of halogens is 8. The summed E-state index contributed by atoms with van der Waals surface area (Å²) in [4.78, 5) is 89.7. The minimum atomic E-state index is -2.29. The van der Waals surface area contributed by atoms with Crippen LogP contribution in [0, 0.1) is 44.3 Å². The average molecular weight is 1780 g/mol. The first-order valence-corrected chi connectivity index (χ1v) is 40.2. The fourth-order valence-corrected chi connectivity index (χ4v) is 14.5. The van der Waals surface area contributed by atoms with Crippen LogP contribution >= 0.6 is 67.9 Å². The van der Waals surface area contributed by atoms with Gasteiger partial charge in [-0.1, -0.05) is 109 Å². The van der Waals surface area contributed by atoms with Crippen LogP contribution in [-0.2, 0) is 33.6 Å². The standard InChI is InChI=1S/C22H13F5N4OS.C22H16F2N4OS.C22H17IN4OS.C21H16N4OS/c23-16-12(17(24)19(26)20(27)18(16)25)8-15(32)31-22-21(14-2-1-7-33-14)30-13(9-29-22)10-3-5-11(28)6-4-10;23-16-8-3-13(10-17(16)24)11-20(29)28-22-21(19-2-1-9-30-19)27-18(12-26-22)14-4-6-15(25)7-5-14;23-16-7-3-14(4-8-16)12-20(28)27-22-21(19-2-1-11-29-19)26-18(13-25-22)15-5-9-17(24)10-6-15;22-16-10-8-14(9-11-16)17-13-23-20(19(24-17)18-7-4-12-27-18)25-21(26)15-5-2-1-3-6-15/h1-7,9H,8,28H2,(H,29,31,32);1-10,12H,11,25H2,(H,26,28,29);1-11,13H,12,24H2,(H,25,27,28);1-13H,22H2,(H,23,25,26). The zero-order valence-corrected chi connectivity index (χ0v) is 67.1. The zero-order valence-electron chi connectivity index (χ0n) is 61.7. The van der Waals surface area contributed by atoms with E-state index in [9.17, 15) is 49.9 Å². The van der Waals surface area contributed by atoms with E-state index < -0.39 is 64.5 Å². The topological polar surface area (TPSA) is 324 Å². The number of amides is 4.